The van der Waals surface area contributed by atoms with Crippen LogP contribution in [0, 0.1) is 43.3 Å². The lowest BCUT2D eigenvalue weighted by Crippen LogP contribution is -2.65. The zero-order valence-electron chi connectivity index (χ0n) is 20.2. The van der Waals surface area contributed by atoms with Crippen molar-refractivity contribution in [3.63, 3.8) is 0 Å². The van der Waals surface area contributed by atoms with E-state index in [-0.39, 0.29) is 16.9 Å². The maximum absolute atomic E-state index is 12.9. The summed E-state index contributed by atoms with van der Waals surface area (Å²) in [5.41, 5.74) is 15.7. The Morgan fingerprint density at radius 3 is 2.50 bits per heavy atom. The van der Waals surface area contributed by atoms with Crippen molar-refractivity contribution >= 4 is 6.08 Å². The first-order chi connectivity index (χ1) is 16.3. The van der Waals surface area contributed by atoms with Gasteiger partial charge in [0, 0.05) is 33.9 Å². The van der Waals surface area contributed by atoms with Crippen molar-refractivity contribution in [3.8, 4) is 37.0 Å². The molecule has 1 unspecified atom stereocenters. The molecule has 0 bridgehead atoms. The Bertz CT molecular complexity index is 968. The molecule has 2 heterocycles. The number of terminal acetylenes is 2. The monoisotopic (exact) mass is 463 g/mol. The Morgan fingerprint density at radius 1 is 1.12 bits per heavy atom. The minimum Gasteiger partial charge on any atom is -0.376 e. The van der Waals surface area contributed by atoms with Crippen LogP contribution in [0.25, 0.3) is 17.3 Å². The Balaban J connectivity index is 0.000000211. The lowest BCUT2D eigenvalue weighted by molar-refractivity contribution is 0.0459. The number of rotatable bonds is 2. The normalized spacial score (nSPS) is 31.0. The smallest absolute Gasteiger partial charge is 0.123 e. The second-order valence-electron chi connectivity index (χ2n) is 9.49. The van der Waals surface area contributed by atoms with Gasteiger partial charge in [0.1, 0.15) is 5.82 Å². The van der Waals surface area contributed by atoms with Crippen LogP contribution >= 0.6 is 0 Å². The fourth-order valence-electron chi connectivity index (χ4n) is 5.78. The number of nitrogens with two attached hydrogens (primary N) is 2. The van der Waals surface area contributed by atoms with Crippen LogP contribution in [0.4, 0.5) is 4.39 Å². The zero-order valence-corrected chi connectivity index (χ0v) is 20.2. The third-order valence-electron chi connectivity index (χ3n) is 7.44. The van der Waals surface area contributed by atoms with Gasteiger partial charge in [-0.3, -0.25) is 0 Å². The number of benzene rings is 1. The Labute approximate surface area is 204 Å². The van der Waals surface area contributed by atoms with E-state index < -0.39 is 0 Å². The molecule has 5 N–H and O–H groups in total. The molecule has 2 aliphatic carbocycles. The summed E-state index contributed by atoms with van der Waals surface area (Å²) in [6, 6.07) is 10.3. The van der Waals surface area contributed by atoms with E-state index in [2.05, 4.69) is 44.2 Å². The van der Waals surface area contributed by atoms with E-state index in [9.17, 15) is 4.39 Å². The molecular formula is C29H38FN3O. The number of aromatic nitrogens is 1. The van der Waals surface area contributed by atoms with Crippen LogP contribution in [0.3, 0.4) is 0 Å². The first-order valence-corrected chi connectivity index (χ1v) is 11.8. The van der Waals surface area contributed by atoms with Gasteiger partial charge in [-0.05, 0) is 68.9 Å². The molecule has 0 radical (unpaired) electrons. The van der Waals surface area contributed by atoms with Crippen molar-refractivity contribution in [2.45, 2.75) is 62.6 Å². The van der Waals surface area contributed by atoms with Gasteiger partial charge >= 0.3 is 0 Å². The van der Waals surface area contributed by atoms with Gasteiger partial charge in [0.15, 0.2) is 0 Å². The van der Waals surface area contributed by atoms with Gasteiger partial charge < -0.3 is 21.2 Å². The molecule has 0 spiro atoms. The number of hydrogen-bond donors (Lipinski definition) is 3. The first-order valence-electron chi connectivity index (χ1n) is 11.8. The summed E-state index contributed by atoms with van der Waals surface area (Å²) >= 11 is 0. The van der Waals surface area contributed by atoms with E-state index in [1.807, 2.05) is 18.2 Å². The van der Waals surface area contributed by atoms with Crippen LogP contribution in [0.15, 0.2) is 43.0 Å². The summed E-state index contributed by atoms with van der Waals surface area (Å²) < 4.78 is 18.7. The highest BCUT2D eigenvalue weighted by Crippen LogP contribution is 2.51. The molecule has 5 heteroatoms. The maximum Gasteiger partial charge on any atom is 0.123 e. The van der Waals surface area contributed by atoms with Crippen LogP contribution in [0.1, 0.15) is 51.1 Å². The summed E-state index contributed by atoms with van der Waals surface area (Å²) in [7, 11) is 0. The molecule has 2 aromatic rings. The predicted octanol–water partition coefficient (Wildman–Crippen LogP) is 5.36. The number of H-pyrrole nitrogens is 1. The highest BCUT2D eigenvalue weighted by atomic mass is 19.1. The quantitative estimate of drug-likeness (QED) is 0.525. The van der Waals surface area contributed by atoms with Crippen molar-refractivity contribution < 1.29 is 9.13 Å². The van der Waals surface area contributed by atoms with Crippen molar-refractivity contribution in [2.75, 3.05) is 6.61 Å². The summed E-state index contributed by atoms with van der Waals surface area (Å²) in [4.78, 5) is 3.12. The molecule has 4 nitrogen and oxygen atoms in total. The number of ether oxygens (including phenoxy) is 1. The molecule has 1 saturated heterocycles. The minimum absolute atomic E-state index is 0.0108. The lowest BCUT2D eigenvalue weighted by atomic mass is 9.56. The van der Waals surface area contributed by atoms with E-state index in [4.69, 9.17) is 16.2 Å². The molecular weight excluding hydrogens is 425 g/mol. The summed E-state index contributed by atoms with van der Waals surface area (Å²) in [5.74, 6) is 0.997. The largest absolute Gasteiger partial charge is 0.376 e. The van der Waals surface area contributed by atoms with E-state index in [0.717, 1.165) is 29.8 Å². The van der Waals surface area contributed by atoms with E-state index >= 15 is 0 Å². The molecule has 5 rings (SSSR count). The number of nitrogens with one attached hydrogen (secondary N) is 1. The number of aromatic amines is 1. The molecule has 182 valence electrons. The summed E-state index contributed by atoms with van der Waals surface area (Å²) in [6.07, 6.45) is 25.3. The molecule has 34 heavy (non-hydrogen) atoms. The van der Waals surface area contributed by atoms with Crippen molar-refractivity contribution in [1.29, 1.82) is 0 Å². The number of fused-ring (bicyclic) bond motifs is 2. The summed E-state index contributed by atoms with van der Waals surface area (Å²) in [5, 5.41) is 0. The molecule has 0 amide bonds. The van der Waals surface area contributed by atoms with Gasteiger partial charge in [0.2, 0.25) is 0 Å². The minimum atomic E-state index is -0.225. The lowest BCUT2D eigenvalue weighted by Gasteiger charge is -2.53. The second kappa shape index (κ2) is 12.0. The Morgan fingerprint density at radius 2 is 1.85 bits per heavy atom. The average Bonchev–Trinajstić information content (AvgIpc) is 3.44. The van der Waals surface area contributed by atoms with E-state index in [1.54, 1.807) is 12.1 Å². The molecule has 2 saturated carbocycles. The average molecular weight is 464 g/mol. The van der Waals surface area contributed by atoms with E-state index in [0.29, 0.717) is 24.5 Å². The molecule has 1 aromatic heterocycles. The predicted molar refractivity (Wildman–Crippen MR) is 140 cm³/mol. The molecule has 3 aliphatic rings. The van der Waals surface area contributed by atoms with Gasteiger partial charge in [0.25, 0.3) is 0 Å². The van der Waals surface area contributed by atoms with Gasteiger partial charge in [0.05, 0.1) is 12.7 Å². The van der Waals surface area contributed by atoms with Crippen LogP contribution in [0.2, 0.25) is 0 Å². The highest BCUT2D eigenvalue weighted by Gasteiger charge is 2.56. The van der Waals surface area contributed by atoms with Gasteiger partial charge in [-0.1, -0.05) is 31.6 Å². The van der Waals surface area contributed by atoms with Gasteiger partial charge in [-0.2, -0.15) is 0 Å². The number of hydrogen-bond acceptors (Lipinski definition) is 3. The number of halogens is 1. The topological polar surface area (TPSA) is 77.1 Å². The second-order valence-corrected chi connectivity index (χ2v) is 9.49. The third-order valence-corrected chi connectivity index (χ3v) is 7.44. The fourth-order valence-corrected chi connectivity index (χ4v) is 5.78. The van der Waals surface area contributed by atoms with Crippen LogP contribution in [-0.4, -0.2) is 28.8 Å². The van der Waals surface area contributed by atoms with Crippen molar-refractivity contribution in [2.24, 2.45) is 23.3 Å². The van der Waals surface area contributed by atoms with Crippen molar-refractivity contribution in [3.05, 3.63) is 54.5 Å². The van der Waals surface area contributed by atoms with Crippen LogP contribution in [0.5, 0.6) is 0 Å². The highest BCUT2D eigenvalue weighted by molar-refractivity contribution is 5.62. The molecule has 3 fully saturated rings. The van der Waals surface area contributed by atoms with Crippen molar-refractivity contribution in [1.82, 2.24) is 4.98 Å². The maximum atomic E-state index is 12.9. The standard InChI is InChI=1S/C13H24N2O.C12H10FN.2C2H2/c1-9-11-6-10-4-2-3-5-12(10,14)7-13(11,15)8-16-9;1-2-11-6-7-12(14-11)9-4-3-5-10(13)8-9;2*1-2/h9-11H,2-8,14-15H2,1H3;2-8,14H,1H2;2*1-2H/t9-,10?,11-,12-,13-;;;/m1.../s1. The molecule has 5 atom stereocenters. The van der Waals surface area contributed by atoms with E-state index in [1.165, 1.54) is 37.8 Å². The summed E-state index contributed by atoms with van der Waals surface area (Å²) in [6.45, 7) is 6.54. The van der Waals surface area contributed by atoms with Crippen LogP contribution in [-0.2, 0) is 4.74 Å². The fraction of sp³-hybridized carbons (Fsp3) is 0.448. The van der Waals surface area contributed by atoms with Gasteiger partial charge in [-0.15, -0.1) is 25.7 Å². The first kappa shape index (κ1) is 27.4. The zero-order chi connectivity index (χ0) is 25.4. The van der Waals surface area contributed by atoms with Gasteiger partial charge in [-0.25, -0.2) is 4.39 Å². The Kier molecular flexibility index (Phi) is 9.71. The SMILES string of the molecule is C#C.C#C.C=Cc1ccc(-c2cccc(F)c2)[nH]1.C[C@H]1OC[C@]2(N)C[C@]3(N)CCCCC3C[C@H]12. The third kappa shape index (κ3) is 5.99. The molecule has 1 aliphatic heterocycles. The molecule has 1 aromatic carbocycles. The van der Waals surface area contributed by atoms with Crippen LogP contribution < -0.4 is 11.5 Å². The Hall–Kier alpha value is -2.83.